The summed E-state index contributed by atoms with van der Waals surface area (Å²) >= 11 is 0. The first kappa shape index (κ1) is 49.3. The van der Waals surface area contributed by atoms with Gasteiger partial charge in [-0.25, -0.2) is 42.5 Å². The third kappa shape index (κ3) is 22.0. The van der Waals surface area contributed by atoms with E-state index in [1.54, 1.807) is 0 Å². The van der Waals surface area contributed by atoms with Crippen LogP contribution >= 0.6 is 64.8 Å². The lowest BCUT2D eigenvalue weighted by Crippen LogP contribution is -2.55. The minimum Gasteiger partial charge on any atom is -0.465 e. The standard InChI is InChI=1S/C30H45N3O15S6/c1-4-7-13-43-22(34)19-49-52-28(40)46-16-10-31-25(37)32(11-17-47-29(41)53-50-20-23(35)44-14-8-5-2)27(39)33(26(31)38)12-18-48-30(42)54-51-21-24(36)45-15-9-6-3/h4-21H2,1-3H3. The van der Waals surface area contributed by atoms with Gasteiger partial charge in [0, 0.05) is 32.4 Å². The molecule has 1 rings (SSSR count). The molecule has 1 aromatic heterocycles. The summed E-state index contributed by atoms with van der Waals surface area (Å²) in [5, 5.41) is -2.43. The summed E-state index contributed by atoms with van der Waals surface area (Å²) in [6.45, 7) is 3.83. The zero-order valence-electron chi connectivity index (χ0n) is 30.1. The van der Waals surface area contributed by atoms with Gasteiger partial charge in [0.15, 0.2) is 0 Å². The molecule has 306 valence electrons. The Bertz CT molecular complexity index is 1330. The highest BCUT2D eigenvalue weighted by Crippen LogP contribution is 2.25. The van der Waals surface area contributed by atoms with E-state index in [4.69, 9.17) is 28.4 Å². The van der Waals surface area contributed by atoms with E-state index in [0.29, 0.717) is 65.3 Å². The molecule has 24 heteroatoms. The summed E-state index contributed by atoms with van der Waals surface area (Å²) in [6, 6.07) is 0. The molecular weight excluding hydrogens is 835 g/mol. The van der Waals surface area contributed by atoms with Crippen molar-refractivity contribution in [3.63, 3.8) is 0 Å². The predicted octanol–water partition coefficient (Wildman–Crippen LogP) is 4.76. The number of hydrogen-bond acceptors (Lipinski definition) is 21. The van der Waals surface area contributed by atoms with Gasteiger partial charge in [0.05, 0.1) is 39.5 Å². The van der Waals surface area contributed by atoms with Crippen LogP contribution in [0, 0.1) is 0 Å². The maximum Gasteiger partial charge on any atom is 0.378 e. The van der Waals surface area contributed by atoms with E-state index in [9.17, 15) is 43.2 Å². The fraction of sp³-hybridized carbons (Fsp3) is 0.700. The quantitative estimate of drug-likeness (QED) is 0.0503. The number of ether oxygens (including phenoxy) is 6. The normalized spacial score (nSPS) is 10.7. The Morgan fingerprint density at radius 3 is 0.926 bits per heavy atom. The van der Waals surface area contributed by atoms with Gasteiger partial charge in [-0.05, 0) is 19.3 Å². The molecule has 0 N–H and O–H groups in total. The molecule has 0 unspecified atom stereocenters. The summed E-state index contributed by atoms with van der Waals surface area (Å²) < 4.78 is 32.1. The second kappa shape index (κ2) is 30.5. The molecule has 0 aliphatic heterocycles. The molecule has 0 aliphatic carbocycles. The molecule has 0 spiro atoms. The highest BCUT2D eigenvalue weighted by molar-refractivity contribution is 8.82. The van der Waals surface area contributed by atoms with Gasteiger partial charge < -0.3 is 28.4 Å². The number of hydrogen-bond donors (Lipinski definition) is 0. The first-order chi connectivity index (χ1) is 25.9. The van der Waals surface area contributed by atoms with E-state index in [1.165, 1.54) is 0 Å². The zero-order valence-corrected chi connectivity index (χ0v) is 35.0. The van der Waals surface area contributed by atoms with E-state index in [1.807, 2.05) is 20.8 Å². The van der Waals surface area contributed by atoms with Crippen molar-refractivity contribution in [1.29, 1.82) is 0 Å². The van der Waals surface area contributed by atoms with E-state index >= 15 is 0 Å². The number of carbonyl (C=O) groups is 6. The van der Waals surface area contributed by atoms with Gasteiger partial charge in [0.2, 0.25) is 0 Å². The molecule has 0 atom stereocenters. The van der Waals surface area contributed by atoms with Crippen LogP contribution in [0.15, 0.2) is 14.4 Å². The van der Waals surface area contributed by atoms with E-state index in [-0.39, 0.29) is 37.1 Å². The molecular formula is C30H45N3O15S6. The average molecular weight is 880 g/mol. The molecule has 0 bridgehead atoms. The van der Waals surface area contributed by atoms with Gasteiger partial charge >= 0.3 is 50.9 Å². The second-order valence-corrected chi connectivity index (χ2v) is 17.1. The van der Waals surface area contributed by atoms with Crippen molar-refractivity contribution in [2.24, 2.45) is 0 Å². The van der Waals surface area contributed by atoms with Crippen molar-refractivity contribution in [2.45, 2.75) is 78.9 Å². The minimum absolute atomic E-state index is 0.112. The third-order valence-corrected chi connectivity index (χ3v) is 11.7. The first-order valence-corrected chi connectivity index (χ1v) is 23.7. The number of esters is 3. The molecule has 0 aliphatic rings. The molecule has 0 saturated heterocycles. The number of nitrogens with zero attached hydrogens (tertiary/aromatic N) is 3. The lowest BCUT2D eigenvalue weighted by Gasteiger charge is -2.14. The number of rotatable bonds is 27. The van der Waals surface area contributed by atoms with E-state index in [0.717, 1.165) is 51.6 Å². The van der Waals surface area contributed by atoms with Crippen LogP contribution in [0.25, 0.3) is 0 Å². The molecule has 54 heavy (non-hydrogen) atoms. The Hall–Kier alpha value is -2.67. The molecule has 1 heterocycles. The van der Waals surface area contributed by atoms with Gasteiger partial charge in [-0.3, -0.25) is 14.4 Å². The topological polar surface area (TPSA) is 224 Å². The molecule has 0 fully saturated rings. The highest BCUT2D eigenvalue weighted by Gasteiger charge is 2.18. The van der Waals surface area contributed by atoms with Crippen molar-refractivity contribution in [3.05, 3.63) is 31.5 Å². The van der Waals surface area contributed by atoms with Crippen molar-refractivity contribution in [3.8, 4) is 0 Å². The lowest BCUT2D eigenvalue weighted by molar-refractivity contribution is -0.141. The van der Waals surface area contributed by atoms with Crippen molar-refractivity contribution in [1.82, 2.24) is 13.7 Å². The van der Waals surface area contributed by atoms with Gasteiger partial charge in [-0.1, -0.05) is 72.4 Å². The Morgan fingerprint density at radius 2 is 0.685 bits per heavy atom. The van der Waals surface area contributed by atoms with Crippen LogP contribution in [0.3, 0.4) is 0 Å². The van der Waals surface area contributed by atoms with Gasteiger partial charge in [0.25, 0.3) is 0 Å². The molecule has 0 amide bonds. The van der Waals surface area contributed by atoms with Gasteiger partial charge in [-0.2, -0.15) is 0 Å². The number of aromatic nitrogens is 3. The Morgan fingerprint density at radius 1 is 0.426 bits per heavy atom. The maximum atomic E-state index is 13.2. The van der Waals surface area contributed by atoms with E-state index < -0.39 is 90.3 Å². The largest absolute Gasteiger partial charge is 0.465 e. The van der Waals surface area contributed by atoms with Crippen molar-refractivity contribution >= 4 is 98.6 Å². The minimum atomic E-state index is -1.09. The number of unbranched alkanes of at least 4 members (excludes halogenated alkanes) is 3. The molecule has 18 nitrogen and oxygen atoms in total. The third-order valence-electron chi connectivity index (χ3n) is 6.18. The molecule has 0 saturated carbocycles. The Labute approximate surface area is 335 Å². The van der Waals surface area contributed by atoms with Gasteiger partial charge in [0.1, 0.15) is 37.1 Å². The number of carbonyl (C=O) groups excluding carboxylic acids is 6. The zero-order chi connectivity index (χ0) is 40.1. The molecule has 0 aromatic carbocycles. The van der Waals surface area contributed by atoms with Crippen LogP contribution in [0.5, 0.6) is 0 Å². The summed E-state index contributed by atoms with van der Waals surface area (Å²) in [5.74, 6) is -1.84. The van der Waals surface area contributed by atoms with Crippen LogP contribution in [0.2, 0.25) is 0 Å². The summed E-state index contributed by atoms with van der Waals surface area (Å²) in [7, 11) is 4.50. The van der Waals surface area contributed by atoms with Crippen LogP contribution in [-0.2, 0) is 62.4 Å². The lowest BCUT2D eigenvalue weighted by atomic mass is 10.4. The fourth-order valence-corrected chi connectivity index (χ4v) is 7.58. The molecule has 1 aromatic rings. The average Bonchev–Trinajstić information content (AvgIpc) is 3.13. The predicted molar refractivity (Wildman–Crippen MR) is 211 cm³/mol. The van der Waals surface area contributed by atoms with E-state index in [2.05, 4.69) is 0 Å². The monoisotopic (exact) mass is 879 g/mol. The highest BCUT2D eigenvalue weighted by atomic mass is 33.1. The van der Waals surface area contributed by atoms with Crippen molar-refractivity contribution < 1.29 is 57.2 Å². The summed E-state index contributed by atoms with van der Waals surface area (Å²) in [4.78, 5) is 111. The Kier molecular flexibility index (Phi) is 27.9. The van der Waals surface area contributed by atoms with Crippen molar-refractivity contribution in [2.75, 3.05) is 56.9 Å². The smallest absolute Gasteiger partial charge is 0.378 e. The SMILES string of the molecule is CCCCOC(=O)CSSC(=O)OCCn1c(=O)n(CCOC(=O)SSCC(=O)OCCCC)c(=O)n(CCOC(=O)SSCC(=O)OCCCC)c1=O. The Balaban J connectivity index is 2.89. The van der Waals surface area contributed by atoms with Crippen LogP contribution in [-0.4, -0.2) is 104 Å². The van der Waals surface area contributed by atoms with Gasteiger partial charge in [-0.15, -0.1) is 0 Å². The maximum absolute atomic E-state index is 13.2. The fourth-order valence-electron chi connectivity index (χ4n) is 3.48. The molecule has 0 radical (unpaired) electrons. The van der Waals surface area contributed by atoms with Crippen LogP contribution in [0.4, 0.5) is 14.4 Å². The summed E-state index contributed by atoms with van der Waals surface area (Å²) in [5.41, 5.74) is -3.26. The van der Waals surface area contributed by atoms with Crippen LogP contribution < -0.4 is 17.1 Å². The summed E-state index contributed by atoms with van der Waals surface area (Å²) in [6.07, 6.45) is 4.69. The second-order valence-electron chi connectivity index (χ2n) is 10.4. The first-order valence-electron chi connectivity index (χ1n) is 16.7. The van der Waals surface area contributed by atoms with Crippen LogP contribution in [0.1, 0.15) is 59.3 Å².